The third kappa shape index (κ3) is 2.00. The molecule has 2 aromatic rings. The summed E-state index contributed by atoms with van der Waals surface area (Å²) in [6.45, 7) is 2.73. The second-order valence-corrected chi connectivity index (χ2v) is 5.06. The summed E-state index contributed by atoms with van der Waals surface area (Å²) in [7, 11) is 0. The van der Waals surface area contributed by atoms with Crippen molar-refractivity contribution in [2.24, 2.45) is 0 Å². The minimum atomic E-state index is -0.0529. The largest absolute Gasteiger partial charge is 0.394 e. The van der Waals surface area contributed by atoms with Crippen molar-refractivity contribution in [1.82, 2.24) is 14.3 Å². The van der Waals surface area contributed by atoms with Gasteiger partial charge in [-0.3, -0.25) is 9.20 Å². The Morgan fingerprint density at radius 2 is 2.37 bits per heavy atom. The van der Waals surface area contributed by atoms with Gasteiger partial charge in [0.2, 0.25) is 0 Å². The highest BCUT2D eigenvalue weighted by molar-refractivity contribution is 5.93. The summed E-state index contributed by atoms with van der Waals surface area (Å²) >= 11 is 0. The Bertz CT molecular complexity index is 620. The summed E-state index contributed by atoms with van der Waals surface area (Å²) in [4.78, 5) is 18.6. The molecule has 0 saturated carbocycles. The van der Waals surface area contributed by atoms with Crippen molar-refractivity contribution in [3.63, 3.8) is 0 Å². The van der Waals surface area contributed by atoms with Gasteiger partial charge in [0, 0.05) is 12.7 Å². The van der Waals surface area contributed by atoms with Crippen LogP contribution in [-0.4, -0.2) is 44.5 Å². The number of hydrogen-bond donors (Lipinski definition) is 1. The fourth-order valence-electron chi connectivity index (χ4n) is 2.69. The molecule has 3 heterocycles. The third-order valence-corrected chi connectivity index (χ3v) is 3.72. The van der Waals surface area contributed by atoms with Gasteiger partial charge in [0.15, 0.2) is 0 Å². The van der Waals surface area contributed by atoms with Crippen molar-refractivity contribution >= 4 is 11.6 Å². The maximum atomic E-state index is 12.6. The number of likely N-dealkylation sites (tertiary alicyclic amines) is 1. The molecule has 5 nitrogen and oxygen atoms in total. The Morgan fingerprint density at radius 3 is 3.16 bits per heavy atom. The van der Waals surface area contributed by atoms with E-state index >= 15 is 0 Å². The van der Waals surface area contributed by atoms with E-state index in [4.69, 9.17) is 0 Å². The highest BCUT2D eigenvalue weighted by Gasteiger charge is 2.30. The van der Waals surface area contributed by atoms with E-state index in [1.165, 1.54) is 0 Å². The van der Waals surface area contributed by atoms with Crippen LogP contribution in [0.25, 0.3) is 5.65 Å². The lowest BCUT2D eigenvalue weighted by molar-refractivity contribution is 0.0670. The Hall–Kier alpha value is -1.88. The SMILES string of the molecule is Cc1ccc2ncc(C(=O)N3CCC[C@@H]3CO)n2c1. The molecule has 2 aromatic heterocycles. The van der Waals surface area contributed by atoms with Crippen LogP contribution in [0.2, 0.25) is 0 Å². The number of aryl methyl sites for hydroxylation is 1. The quantitative estimate of drug-likeness (QED) is 0.882. The van der Waals surface area contributed by atoms with Crippen LogP contribution >= 0.6 is 0 Å². The number of aliphatic hydroxyl groups excluding tert-OH is 1. The van der Waals surface area contributed by atoms with Crippen molar-refractivity contribution in [2.75, 3.05) is 13.2 Å². The topological polar surface area (TPSA) is 57.8 Å². The van der Waals surface area contributed by atoms with Crippen LogP contribution in [0.1, 0.15) is 28.9 Å². The Morgan fingerprint density at radius 1 is 1.53 bits per heavy atom. The number of aromatic nitrogens is 2. The first kappa shape index (κ1) is 12.2. The highest BCUT2D eigenvalue weighted by atomic mass is 16.3. The van der Waals surface area contributed by atoms with Crippen molar-refractivity contribution < 1.29 is 9.90 Å². The molecular weight excluding hydrogens is 242 g/mol. The lowest BCUT2D eigenvalue weighted by Gasteiger charge is -2.22. The van der Waals surface area contributed by atoms with Crippen molar-refractivity contribution in [3.05, 3.63) is 35.8 Å². The second kappa shape index (κ2) is 4.66. The van der Waals surface area contributed by atoms with Gasteiger partial charge in [-0.15, -0.1) is 0 Å². The molecule has 0 spiro atoms. The number of pyridine rings is 1. The molecule has 1 N–H and O–H groups in total. The number of fused-ring (bicyclic) bond motifs is 1. The van der Waals surface area contributed by atoms with Gasteiger partial charge >= 0.3 is 0 Å². The van der Waals surface area contributed by atoms with Crippen LogP contribution in [0, 0.1) is 6.92 Å². The number of aliphatic hydroxyl groups is 1. The van der Waals surface area contributed by atoms with E-state index in [-0.39, 0.29) is 18.6 Å². The van der Waals surface area contributed by atoms with E-state index in [1.807, 2.05) is 29.7 Å². The third-order valence-electron chi connectivity index (χ3n) is 3.72. The van der Waals surface area contributed by atoms with Crippen LogP contribution in [-0.2, 0) is 0 Å². The molecule has 1 aliphatic rings. The first-order valence-corrected chi connectivity index (χ1v) is 6.56. The number of nitrogens with zero attached hydrogens (tertiary/aromatic N) is 3. The first-order valence-electron chi connectivity index (χ1n) is 6.56. The number of carbonyl (C=O) groups excluding carboxylic acids is 1. The van der Waals surface area contributed by atoms with Crippen LogP contribution in [0.15, 0.2) is 24.5 Å². The summed E-state index contributed by atoms with van der Waals surface area (Å²) in [6.07, 6.45) is 5.36. The molecule has 1 fully saturated rings. The normalized spacial score (nSPS) is 19.3. The molecule has 100 valence electrons. The number of amides is 1. The predicted molar refractivity (Wildman–Crippen MR) is 71.1 cm³/mol. The number of carbonyl (C=O) groups is 1. The number of rotatable bonds is 2. The molecule has 0 unspecified atom stereocenters. The van der Waals surface area contributed by atoms with Gasteiger partial charge in [0.25, 0.3) is 5.91 Å². The molecule has 0 radical (unpaired) electrons. The molecule has 1 amide bonds. The van der Waals surface area contributed by atoms with Gasteiger partial charge in [0.1, 0.15) is 11.3 Å². The van der Waals surface area contributed by atoms with E-state index in [2.05, 4.69) is 4.98 Å². The van der Waals surface area contributed by atoms with E-state index in [0.717, 1.165) is 24.1 Å². The molecule has 19 heavy (non-hydrogen) atoms. The molecule has 5 heteroatoms. The highest BCUT2D eigenvalue weighted by Crippen LogP contribution is 2.20. The minimum absolute atomic E-state index is 0.0293. The number of imidazole rings is 1. The molecule has 1 aliphatic heterocycles. The van der Waals surface area contributed by atoms with E-state index in [9.17, 15) is 9.90 Å². The Kier molecular flexibility index (Phi) is 2.98. The summed E-state index contributed by atoms with van der Waals surface area (Å²) in [5.74, 6) is -0.0466. The standard InChI is InChI=1S/C14H17N3O2/c1-10-4-5-13-15-7-12(17(13)8-10)14(19)16-6-2-3-11(16)9-18/h4-5,7-8,11,18H,2-3,6,9H2,1H3/t11-/m1/s1. The van der Waals surface area contributed by atoms with Gasteiger partial charge in [-0.25, -0.2) is 4.98 Å². The second-order valence-electron chi connectivity index (χ2n) is 5.06. The molecule has 0 bridgehead atoms. The smallest absolute Gasteiger partial charge is 0.272 e. The van der Waals surface area contributed by atoms with E-state index in [0.29, 0.717) is 12.2 Å². The van der Waals surface area contributed by atoms with Crippen molar-refractivity contribution in [1.29, 1.82) is 0 Å². The van der Waals surface area contributed by atoms with Crippen LogP contribution < -0.4 is 0 Å². The number of hydrogen-bond acceptors (Lipinski definition) is 3. The summed E-state index contributed by atoms with van der Waals surface area (Å²) < 4.78 is 1.82. The maximum Gasteiger partial charge on any atom is 0.272 e. The fourth-order valence-corrected chi connectivity index (χ4v) is 2.69. The van der Waals surface area contributed by atoms with E-state index in [1.54, 1.807) is 11.1 Å². The molecule has 3 rings (SSSR count). The van der Waals surface area contributed by atoms with Crippen LogP contribution in [0.3, 0.4) is 0 Å². The molecule has 0 aliphatic carbocycles. The zero-order valence-corrected chi connectivity index (χ0v) is 10.9. The molecule has 1 atom stereocenters. The lowest BCUT2D eigenvalue weighted by atomic mass is 10.2. The zero-order chi connectivity index (χ0) is 13.4. The molecular formula is C14H17N3O2. The van der Waals surface area contributed by atoms with Gasteiger partial charge < -0.3 is 10.0 Å². The average molecular weight is 259 g/mol. The van der Waals surface area contributed by atoms with Gasteiger partial charge in [-0.05, 0) is 31.4 Å². The Labute approximate surface area is 111 Å². The monoisotopic (exact) mass is 259 g/mol. The first-order chi connectivity index (χ1) is 9.20. The van der Waals surface area contributed by atoms with Crippen LogP contribution in [0.5, 0.6) is 0 Å². The summed E-state index contributed by atoms with van der Waals surface area (Å²) in [5.41, 5.74) is 2.42. The predicted octanol–water partition coefficient (Wildman–Crippen LogP) is 1.24. The van der Waals surface area contributed by atoms with Gasteiger partial charge in [0.05, 0.1) is 18.8 Å². The maximum absolute atomic E-state index is 12.6. The fraction of sp³-hybridized carbons (Fsp3) is 0.429. The minimum Gasteiger partial charge on any atom is -0.394 e. The Balaban J connectivity index is 1.99. The summed E-state index contributed by atoms with van der Waals surface area (Å²) in [5, 5.41) is 9.32. The van der Waals surface area contributed by atoms with Crippen LogP contribution in [0.4, 0.5) is 0 Å². The average Bonchev–Trinajstić information content (AvgIpc) is 3.03. The summed E-state index contributed by atoms with van der Waals surface area (Å²) in [6, 6.07) is 3.82. The molecule has 1 saturated heterocycles. The van der Waals surface area contributed by atoms with Gasteiger partial charge in [-0.1, -0.05) is 6.07 Å². The van der Waals surface area contributed by atoms with Crippen molar-refractivity contribution in [3.8, 4) is 0 Å². The molecule has 0 aromatic carbocycles. The zero-order valence-electron chi connectivity index (χ0n) is 10.9. The van der Waals surface area contributed by atoms with E-state index < -0.39 is 0 Å². The van der Waals surface area contributed by atoms with Gasteiger partial charge in [-0.2, -0.15) is 0 Å². The lowest BCUT2D eigenvalue weighted by Crippen LogP contribution is -2.38. The van der Waals surface area contributed by atoms with Crippen molar-refractivity contribution in [2.45, 2.75) is 25.8 Å².